The maximum absolute atomic E-state index is 13.2. The highest BCUT2D eigenvalue weighted by molar-refractivity contribution is 5.93. The Morgan fingerprint density at radius 3 is 1.04 bits per heavy atom. The maximum Gasteiger partial charge on any atom is 0.200 e. The Bertz CT molecular complexity index is 2630. The fourth-order valence-electron chi connectivity index (χ4n) is 6.58. The molecule has 2 aromatic heterocycles. The quantitative estimate of drug-likeness (QED) is 0.184. The molecule has 0 amide bonds. The van der Waals surface area contributed by atoms with Gasteiger partial charge in [-0.1, -0.05) is 97.1 Å². The van der Waals surface area contributed by atoms with Crippen LogP contribution in [0.3, 0.4) is 0 Å². The molecule has 2 heterocycles. The first-order chi connectivity index (χ1) is 23.6. The minimum Gasteiger partial charge on any atom is -0.456 e. The van der Waals surface area contributed by atoms with Crippen molar-refractivity contribution in [3.63, 3.8) is 0 Å². The summed E-state index contributed by atoms with van der Waals surface area (Å²) < 4.78 is 12.0. The number of hydrogen-bond donors (Lipinski definition) is 0. The van der Waals surface area contributed by atoms with Crippen molar-refractivity contribution in [1.82, 2.24) is 0 Å². The molecule has 0 aliphatic rings. The normalized spacial score (nSPS) is 11.5. The van der Waals surface area contributed by atoms with E-state index < -0.39 is 0 Å². The third-order valence-corrected chi connectivity index (χ3v) is 9.09. The first-order valence-electron chi connectivity index (χ1n) is 15.8. The zero-order valence-corrected chi connectivity index (χ0v) is 25.6. The molecule has 0 bridgehead atoms. The van der Waals surface area contributed by atoms with E-state index in [0.717, 1.165) is 44.5 Å². The monoisotopic (exact) mass is 618 g/mol. The minimum atomic E-state index is -0.0237. The number of fused-ring (bicyclic) bond motifs is 4. The molecule has 0 saturated carbocycles. The third kappa shape index (κ3) is 4.70. The van der Waals surface area contributed by atoms with Crippen LogP contribution in [0.5, 0.6) is 0 Å². The summed E-state index contributed by atoms with van der Waals surface area (Å²) in [6.07, 6.45) is 0. The molecule has 0 N–H and O–H groups in total. The van der Waals surface area contributed by atoms with Gasteiger partial charge in [-0.3, -0.25) is 9.59 Å². The van der Waals surface area contributed by atoms with Crippen molar-refractivity contribution < 1.29 is 8.83 Å². The van der Waals surface area contributed by atoms with Gasteiger partial charge < -0.3 is 8.83 Å². The second kappa shape index (κ2) is 11.1. The lowest BCUT2D eigenvalue weighted by molar-refractivity contribution is 0.659. The molecular formula is C44H26O4. The van der Waals surface area contributed by atoms with Crippen molar-refractivity contribution in [1.29, 1.82) is 0 Å². The Morgan fingerprint density at radius 1 is 0.271 bits per heavy atom. The van der Waals surface area contributed by atoms with Gasteiger partial charge in [-0.05, 0) is 105 Å². The molecule has 9 rings (SSSR count). The molecule has 0 aliphatic carbocycles. The molecule has 0 spiro atoms. The Morgan fingerprint density at radius 2 is 0.604 bits per heavy atom. The van der Waals surface area contributed by atoms with Crippen molar-refractivity contribution in [2.45, 2.75) is 0 Å². The molecule has 4 heteroatoms. The van der Waals surface area contributed by atoms with Crippen LogP contribution in [-0.2, 0) is 0 Å². The molecule has 0 fully saturated rings. The molecule has 0 radical (unpaired) electrons. The second-order valence-corrected chi connectivity index (χ2v) is 12.0. The zero-order valence-electron chi connectivity index (χ0n) is 25.6. The lowest BCUT2D eigenvalue weighted by Crippen LogP contribution is -2.01. The average molecular weight is 619 g/mol. The van der Waals surface area contributed by atoms with Crippen molar-refractivity contribution in [2.24, 2.45) is 0 Å². The summed E-state index contributed by atoms with van der Waals surface area (Å²) in [5, 5.41) is 2.31. The maximum atomic E-state index is 13.2. The Kier molecular flexibility index (Phi) is 6.41. The predicted octanol–water partition coefficient (Wildman–Crippen LogP) is 10.9. The van der Waals surface area contributed by atoms with Crippen molar-refractivity contribution >= 4 is 43.9 Å². The fraction of sp³-hybridized carbons (Fsp3) is 0. The molecule has 48 heavy (non-hydrogen) atoms. The first-order valence-corrected chi connectivity index (χ1v) is 15.8. The molecule has 0 aliphatic heterocycles. The second-order valence-electron chi connectivity index (χ2n) is 12.0. The van der Waals surface area contributed by atoms with E-state index in [1.807, 2.05) is 84.9 Å². The Hall–Kier alpha value is -6.52. The summed E-state index contributed by atoms with van der Waals surface area (Å²) in [7, 11) is 0. The van der Waals surface area contributed by atoms with Crippen LogP contribution < -0.4 is 10.9 Å². The van der Waals surface area contributed by atoms with Crippen LogP contribution >= 0.6 is 0 Å². The molecule has 4 nitrogen and oxygen atoms in total. The Labute approximate surface area is 274 Å². The summed E-state index contributed by atoms with van der Waals surface area (Å²) in [4.78, 5) is 26.5. The van der Waals surface area contributed by atoms with E-state index in [1.165, 1.54) is 0 Å². The van der Waals surface area contributed by atoms with E-state index in [0.29, 0.717) is 43.9 Å². The highest BCUT2D eigenvalue weighted by Crippen LogP contribution is 2.32. The summed E-state index contributed by atoms with van der Waals surface area (Å²) in [5.41, 5.74) is 10.6. The lowest BCUT2D eigenvalue weighted by atomic mass is 9.95. The van der Waals surface area contributed by atoms with Gasteiger partial charge >= 0.3 is 0 Å². The standard InChI is InChI=1S/C44H26O4/c45-43-35-11-1-3-13-39(35)47-41-21-19-33(25-37(41)43)31-9-5-7-29(23-31)27-15-17-28(18-16-27)30-8-6-10-32(24-30)34-20-22-42-38(26-34)44(46)36-12-2-4-14-40(36)48-42/h1-26H. The highest BCUT2D eigenvalue weighted by Gasteiger charge is 2.12. The van der Waals surface area contributed by atoms with Crippen LogP contribution in [0.25, 0.3) is 88.4 Å². The van der Waals surface area contributed by atoms with Gasteiger partial charge in [-0.2, -0.15) is 0 Å². The molecule has 0 saturated heterocycles. The van der Waals surface area contributed by atoms with Gasteiger partial charge in [-0.25, -0.2) is 0 Å². The van der Waals surface area contributed by atoms with Gasteiger partial charge in [0.05, 0.1) is 21.5 Å². The highest BCUT2D eigenvalue weighted by atomic mass is 16.3. The molecule has 9 aromatic rings. The van der Waals surface area contributed by atoms with Gasteiger partial charge in [0, 0.05) is 0 Å². The van der Waals surface area contributed by atoms with Gasteiger partial charge in [0.15, 0.2) is 0 Å². The summed E-state index contributed by atoms with van der Waals surface area (Å²) in [6, 6.07) is 51.6. The van der Waals surface area contributed by atoms with Gasteiger partial charge in [-0.15, -0.1) is 0 Å². The molecular weight excluding hydrogens is 592 g/mol. The smallest absolute Gasteiger partial charge is 0.200 e. The van der Waals surface area contributed by atoms with E-state index >= 15 is 0 Å². The first kappa shape index (κ1) is 27.8. The molecule has 0 atom stereocenters. The van der Waals surface area contributed by atoms with Crippen molar-refractivity contribution in [3.05, 3.63) is 178 Å². The number of para-hydroxylation sites is 2. The van der Waals surface area contributed by atoms with Crippen LogP contribution in [0.4, 0.5) is 0 Å². The van der Waals surface area contributed by atoms with Crippen LogP contribution in [0.1, 0.15) is 0 Å². The predicted molar refractivity (Wildman–Crippen MR) is 195 cm³/mol. The largest absolute Gasteiger partial charge is 0.456 e. The van der Waals surface area contributed by atoms with Crippen LogP contribution in [0.15, 0.2) is 176 Å². The van der Waals surface area contributed by atoms with Crippen LogP contribution in [0.2, 0.25) is 0 Å². The van der Waals surface area contributed by atoms with Crippen molar-refractivity contribution in [3.8, 4) is 44.5 Å². The summed E-state index contributed by atoms with van der Waals surface area (Å²) >= 11 is 0. The lowest BCUT2D eigenvalue weighted by Gasteiger charge is -2.10. The summed E-state index contributed by atoms with van der Waals surface area (Å²) in [5.74, 6) is 0. The molecule has 7 aromatic carbocycles. The molecule has 226 valence electrons. The van der Waals surface area contributed by atoms with E-state index in [2.05, 4.69) is 60.7 Å². The summed E-state index contributed by atoms with van der Waals surface area (Å²) in [6.45, 7) is 0. The van der Waals surface area contributed by atoms with E-state index in [-0.39, 0.29) is 10.9 Å². The van der Waals surface area contributed by atoms with E-state index in [1.54, 1.807) is 12.1 Å². The third-order valence-electron chi connectivity index (χ3n) is 9.09. The van der Waals surface area contributed by atoms with Gasteiger partial charge in [0.25, 0.3) is 0 Å². The van der Waals surface area contributed by atoms with Crippen molar-refractivity contribution in [2.75, 3.05) is 0 Å². The SMILES string of the molecule is O=c1c2ccccc2oc2ccc(-c3cccc(-c4ccc(-c5cccc(-c6ccc7oc8ccccc8c(=O)c7c6)c5)cc4)c3)cc12. The van der Waals surface area contributed by atoms with Gasteiger partial charge in [0.1, 0.15) is 22.3 Å². The Balaban J connectivity index is 1.02. The number of rotatable bonds is 4. The number of hydrogen-bond acceptors (Lipinski definition) is 4. The number of benzene rings is 7. The van der Waals surface area contributed by atoms with E-state index in [9.17, 15) is 9.59 Å². The van der Waals surface area contributed by atoms with E-state index in [4.69, 9.17) is 8.83 Å². The average Bonchev–Trinajstić information content (AvgIpc) is 3.15. The topological polar surface area (TPSA) is 60.4 Å². The van der Waals surface area contributed by atoms with Gasteiger partial charge in [0.2, 0.25) is 10.9 Å². The van der Waals surface area contributed by atoms with Crippen LogP contribution in [0, 0.1) is 0 Å². The molecule has 0 unspecified atom stereocenters. The minimum absolute atomic E-state index is 0.0237. The fourth-order valence-corrected chi connectivity index (χ4v) is 6.58. The zero-order chi connectivity index (χ0) is 32.2. The van der Waals surface area contributed by atoms with Crippen LogP contribution in [-0.4, -0.2) is 0 Å².